The summed E-state index contributed by atoms with van der Waals surface area (Å²) in [7, 11) is 0. The van der Waals surface area contributed by atoms with E-state index in [0.717, 1.165) is 5.82 Å². The number of carbonyl (C=O) groups excluding carboxylic acids is 1. The van der Waals surface area contributed by atoms with Crippen molar-refractivity contribution in [3.63, 3.8) is 0 Å². The maximum atomic E-state index is 13.9. The molecule has 0 aliphatic carbocycles. The molecule has 1 saturated heterocycles. The standard InChI is InChI=1S/C23H24ClFN6O2/c1-13-21(24)14(2)29-22(28-13)18-11-31(12-19(18)26)23(32)17-5-4-16(25)10-20(17)33-9-8-30-7-6-27-15(30)3/h4-7,10,18,26H,8-9,11-12H2,1-3H3. The van der Waals surface area contributed by atoms with Crippen LogP contribution in [0.25, 0.3) is 0 Å². The van der Waals surface area contributed by atoms with E-state index in [0.29, 0.717) is 34.5 Å². The van der Waals surface area contributed by atoms with Gasteiger partial charge in [-0.1, -0.05) is 11.6 Å². The lowest BCUT2D eigenvalue weighted by molar-refractivity contribution is 0.0790. The van der Waals surface area contributed by atoms with Crippen LogP contribution in [0.5, 0.6) is 5.75 Å². The van der Waals surface area contributed by atoms with Crippen molar-refractivity contribution in [1.82, 2.24) is 24.4 Å². The van der Waals surface area contributed by atoms with E-state index < -0.39 is 11.7 Å². The van der Waals surface area contributed by atoms with E-state index in [9.17, 15) is 9.18 Å². The molecule has 33 heavy (non-hydrogen) atoms. The van der Waals surface area contributed by atoms with E-state index >= 15 is 0 Å². The van der Waals surface area contributed by atoms with Crippen LogP contribution in [0.2, 0.25) is 5.02 Å². The Balaban J connectivity index is 1.51. The van der Waals surface area contributed by atoms with E-state index in [2.05, 4.69) is 15.0 Å². The number of aryl methyl sites for hydroxylation is 3. The van der Waals surface area contributed by atoms with Gasteiger partial charge < -0.3 is 19.6 Å². The van der Waals surface area contributed by atoms with Crippen molar-refractivity contribution >= 4 is 23.2 Å². The van der Waals surface area contributed by atoms with Gasteiger partial charge in [-0.3, -0.25) is 4.79 Å². The fourth-order valence-corrected chi connectivity index (χ4v) is 3.93. The predicted octanol–water partition coefficient (Wildman–Crippen LogP) is 3.73. The molecule has 0 spiro atoms. The predicted molar refractivity (Wildman–Crippen MR) is 122 cm³/mol. The highest BCUT2D eigenvalue weighted by Gasteiger charge is 2.35. The minimum atomic E-state index is -0.493. The number of benzene rings is 1. The molecule has 1 aliphatic heterocycles. The molecule has 3 heterocycles. The summed E-state index contributed by atoms with van der Waals surface area (Å²) in [5.41, 5.74) is 1.86. The van der Waals surface area contributed by atoms with Gasteiger partial charge in [-0.25, -0.2) is 19.3 Å². The number of rotatable bonds is 6. The van der Waals surface area contributed by atoms with Crippen LogP contribution in [0.4, 0.5) is 4.39 Å². The summed E-state index contributed by atoms with van der Waals surface area (Å²) in [6, 6.07) is 3.86. The number of imidazole rings is 1. The van der Waals surface area contributed by atoms with Crippen molar-refractivity contribution in [2.75, 3.05) is 19.7 Å². The summed E-state index contributed by atoms with van der Waals surface area (Å²) < 4.78 is 21.6. The van der Waals surface area contributed by atoms with Gasteiger partial charge in [0, 0.05) is 30.7 Å². The Bertz CT molecular complexity index is 1200. The minimum absolute atomic E-state index is 0.138. The lowest BCUT2D eigenvalue weighted by atomic mass is 10.1. The number of aromatic nitrogens is 4. The molecule has 1 unspecified atom stereocenters. The number of nitrogens with zero attached hydrogens (tertiary/aromatic N) is 5. The fourth-order valence-electron chi connectivity index (χ4n) is 3.84. The maximum absolute atomic E-state index is 13.9. The molecule has 1 amide bonds. The van der Waals surface area contributed by atoms with Crippen LogP contribution >= 0.6 is 11.6 Å². The molecule has 0 bridgehead atoms. The van der Waals surface area contributed by atoms with E-state index in [1.165, 1.54) is 23.1 Å². The Morgan fingerprint density at radius 1 is 1.27 bits per heavy atom. The van der Waals surface area contributed by atoms with Gasteiger partial charge in [-0.2, -0.15) is 0 Å². The van der Waals surface area contributed by atoms with Crippen molar-refractivity contribution in [3.05, 3.63) is 70.0 Å². The molecule has 3 aromatic rings. The third kappa shape index (κ3) is 4.73. The normalized spacial score (nSPS) is 15.8. The summed E-state index contributed by atoms with van der Waals surface area (Å²) in [5.74, 6) is 0.234. The van der Waals surface area contributed by atoms with Crippen molar-refractivity contribution in [3.8, 4) is 5.75 Å². The first-order chi connectivity index (χ1) is 15.7. The van der Waals surface area contributed by atoms with E-state index in [1.54, 1.807) is 20.0 Å². The van der Waals surface area contributed by atoms with Crippen LogP contribution in [-0.4, -0.2) is 55.7 Å². The molecule has 1 fully saturated rings. The smallest absolute Gasteiger partial charge is 0.257 e. The lowest BCUT2D eigenvalue weighted by Crippen LogP contribution is -2.29. The third-order valence-corrected chi connectivity index (χ3v) is 6.22. The molecule has 1 N–H and O–H groups in total. The average Bonchev–Trinajstić information content (AvgIpc) is 3.36. The quantitative estimate of drug-likeness (QED) is 0.592. The molecular weight excluding hydrogens is 447 g/mol. The van der Waals surface area contributed by atoms with Crippen molar-refractivity contribution in [1.29, 1.82) is 5.41 Å². The zero-order valence-electron chi connectivity index (χ0n) is 18.6. The average molecular weight is 471 g/mol. The first kappa shape index (κ1) is 22.8. The molecule has 1 aromatic carbocycles. The molecule has 1 aliphatic rings. The van der Waals surface area contributed by atoms with Crippen LogP contribution in [-0.2, 0) is 6.54 Å². The summed E-state index contributed by atoms with van der Waals surface area (Å²) in [5, 5.41) is 8.91. The number of hydrogen-bond acceptors (Lipinski definition) is 6. The number of halogens is 2. The Morgan fingerprint density at radius 2 is 2.00 bits per heavy atom. The largest absolute Gasteiger partial charge is 0.491 e. The second-order valence-electron chi connectivity index (χ2n) is 7.99. The third-order valence-electron chi connectivity index (χ3n) is 5.67. The van der Waals surface area contributed by atoms with Gasteiger partial charge in [0.1, 0.15) is 29.8 Å². The first-order valence-corrected chi connectivity index (χ1v) is 10.9. The summed E-state index contributed by atoms with van der Waals surface area (Å²) >= 11 is 6.17. The van der Waals surface area contributed by atoms with Crippen molar-refractivity contribution in [2.24, 2.45) is 0 Å². The number of likely N-dealkylation sites (tertiary alicyclic amines) is 1. The highest BCUT2D eigenvalue weighted by Crippen LogP contribution is 2.29. The molecule has 0 saturated carbocycles. The maximum Gasteiger partial charge on any atom is 0.257 e. The monoisotopic (exact) mass is 470 g/mol. The molecule has 10 heteroatoms. The Morgan fingerprint density at radius 3 is 2.67 bits per heavy atom. The van der Waals surface area contributed by atoms with E-state index in [4.69, 9.17) is 21.7 Å². The molecule has 8 nitrogen and oxygen atoms in total. The second-order valence-corrected chi connectivity index (χ2v) is 8.36. The zero-order valence-corrected chi connectivity index (χ0v) is 19.4. The molecule has 0 radical (unpaired) electrons. The molecular formula is C23H24ClFN6O2. The Hall–Kier alpha value is -3.33. The lowest BCUT2D eigenvalue weighted by Gasteiger charge is -2.18. The second kappa shape index (κ2) is 9.27. The SMILES string of the molecule is Cc1nc(C2CN(C(=O)c3ccc(F)cc3OCCn3ccnc3C)CC2=N)nc(C)c1Cl. The van der Waals surface area contributed by atoms with Gasteiger partial charge in [0.25, 0.3) is 5.91 Å². The highest BCUT2D eigenvalue weighted by molar-refractivity contribution is 6.31. The summed E-state index contributed by atoms with van der Waals surface area (Å²) in [4.78, 5) is 27.8. The number of amides is 1. The Labute approximate surface area is 195 Å². The van der Waals surface area contributed by atoms with E-state index in [1.807, 2.05) is 17.7 Å². The molecule has 172 valence electrons. The van der Waals surface area contributed by atoms with Gasteiger partial charge in [-0.15, -0.1) is 0 Å². The molecule has 4 rings (SSSR count). The topological polar surface area (TPSA) is 97.0 Å². The fraction of sp³-hybridized carbons (Fsp3) is 0.348. The summed E-state index contributed by atoms with van der Waals surface area (Å²) in [6.45, 7) is 6.60. The van der Waals surface area contributed by atoms with Crippen molar-refractivity contribution < 1.29 is 13.9 Å². The van der Waals surface area contributed by atoms with Gasteiger partial charge in [0.2, 0.25) is 0 Å². The van der Waals surface area contributed by atoms with Crippen molar-refractivity contribution in [2.45, 2.75) is 33.2 Å². The highest BCUT2D eigenvalue weighted by atomic mass is 35.5. The molecule has 1 atom stereocenters. The van der Waals surface area contributed by atoms with Crippen LogP contribution in [0.3, 0.4) is 0 Å². The number of carbonyl (C=O) groups is 1. The van der Waals surface area contributed by atoms with Gasteiger partial charge in [0.05, 0.1) is 41.0 Å². The van der Waals surface area contributed by atoms with Gasteiger partial charge >= 0.3 is 0 Å². The van der Waals surface area contributed by atoms with E-state index in [-0.39, 0.29) is 36.9 Å². The molecule has 2 aromatic heterocycles. The van der Waals surface area contributed by atoms with Crippen LogP contribution in [0.15, 0.2) is 30.6 Å². The Kier molecular flexibility index (Phi) is 6.42. The number of ether oxygens (including phenoxy) is 1. The van der Waals surface area contributed by atoms with Gasteiger partial charge in [-0.05, 0) is 32.9 Å². The summed E-state index contributed by atoms with van der Waals surface area (Å²) in [6.07, 6.45) is 3.52. The van der Waals surface area contributed by atoms with Crippen LogP contribution in [0, 0.1) is 32.0 Å². The number of nitrogens with one attached hydrogen (secondary N) is 1. The minimum Gasteiger partial charge on any atom is -0.491 e. The van der Waals surface area contributed by atoms with Gasteiger partial charge in [0.15, 0.2) is 0 Å². The number of hydrogen-bond donors (Lipinski definition) is 1. The first-order valence-electron chi connectivity index (χ1n) is 10.5. The van der Waals surface area contributed by atoms with Crippen LogP contribution < -0.4 is 4.74 Å². The van der Waals surface area contributed by atoms with Crippen LogP contribution in [0.1, 0.15) is 39.3 Å². The zero-order chi connectivity index (χ0) is 23.7.